The Bertz CT molecular complexity index is 1300. The minimum Gasteiger partial charge on any atom is -0.497 e. The standard InChI is InChI=1S/C25H25N3O6S/c1-34-21-11-13-22(14-12-21)35(32,33)28-16-15-27(17-23(28)24(29)26-31)25(30)20-9-7-19(8-10-20)18-5-3-2-4-6-18/h2-14,23,31H,15-17H2,1H3,(H,26,29)/t23-/m0/s1. The number of amides is 2. The number of carbonyl (C=O) groups is 2. The quantitative estimate of drug-likeness (QED) is 0.401. The van der Waals surface area contributed by atoms with Crippen molar-refractivity contribution in [3.05, 3.63) is 84.4 Å². The van der Waals surface area contributed by atoms with Crippen molar-refractivity contribution in [1.82, 2.24) is 14.7 Å². The zero-order valence-electron chi connectivity index (χ0n) is 19.0. The van der Waals surface area contributed by atoms with Gasteiger partial charge in [0.15, 0.2) is 0 Å². The number of sulfonamides is 1. The van der Waals surface area contributed by atoms with E-state index in [0.29, 0.717) is 11.3 Å². The molecule has 10 heteroatoms. The Morgan fingerprint density at radius 3 is 2.14 bits per heavy atom. The lowest BCUT2D eigenvalue weighted by atomic mass is 10.0. The molecule has 0 spiro atoms. The van der Waals surface area contributed by atoms with Crippen LogP contribution in [-0.4, -0.2) is 67.4 Å². The largest absolute Gasteiger partial charge is 0.497 e. The minimum absolute atomic E-state index is 0.0229. The highest BCUT2D eigenvalue weighted by Crippen LogP contribution is 2.25. The highest BCUT2D eigenvalue weighted by atomic mass is 32.2. The Morgan fingerprint density at radius 1 is 0.914 bits per heavy atom. The summed E-state index contributed by atoms with van der Waals surface area (Å²) >= 11 is 0. The van der Waals surface area contributed by atoms with Crippen LogP contribution in [0.3, 0.4) is 0 Å². The molecule has 0 radical (unpaired) electrons. The van der Waals surface area contributed by atoms with Gasteiger partial charge in [-0.1, -0.05) is 42.5 Å². The first-order valence-electron chi connectivity index (χ1n) is 10.9. The summed E-state index contributed by atoms with van der Waals surface area (Å²) in [5.41, 5.74) is 3.92. The fourth-order valence-corrected chi connectivity index (χ4v) is 5.60. The van der Waals surface area contributed by atoms with Crippen LogP contribution in [0.2, 0.25) is 0 Å². The zero-order valence-corrected chi connectivity index (χ0v) is 19.8. The van der Waals surface area contributed by atoms with Crippen molar-refractivity contribution < 1.29 is 28.0 Å². The zero-order chi connectivity index (χ0) is 25.0. The molecule has 0 aromatic heterocycles. The van der Waals surface area contributed by atoms with Gasteiger partial charge in [0.1, 0.15) is 11.8 Å². The maximum atomic E-state index is 13.3. The third-order valence-electron chi connectivity index (χ3n) is 5.94. The van der Waals surface area contributed by atoms with Crippen LogP contribution >= 0.6 is 0 Å². The predicted octanol–water partition coefficient (Wildman–Crippen LogP) is 2.38. The van der Waals surface area contributed by atoms with Gasteiger partial charge in [-0.05, 0) is 47.5 Å². The third-order valence-corrected chi connectivity index (χ3v) is 7.86. The summed E-state index contributed by atoms with van der Waals surface area (Å²) in [6, 6.07) is 21.3. The number of rotatable bonds is 6. The van der Waals surface area contributed by atoms with Gasteiger partial charge >= 0.3 is 0 Å². The van der Waals surface area contributed by atoms with E-state index in [-0.39, 0.29) is 30.4 Å². The van der Waals surface area contributed by atoms with Crippen molar-refractivity contribution in [2.75, 3.05) is 26.7 Å². The van der Waals surface area contributed by atoms with E-state index in [1.165, 1.54) is 41.8 Å². The SMILES string of the molecule is COc1ccc(S(=O)(=O)N2CCN(C(=O)c3ccc(-c4ccccc4)cc3)C[C@H]2C(=O)NO)cc1. The first kappa shape index (κ1) is 24.4. The van der Waals surface area contributed by atoms with Crippen LogP contribution in [0, 0.1) is 0 Å². The number of piperazine rings is 1. The van der Waals surface area contributed by atoms with Crippen LogP contribution < -0.4 is 10.2 Å². The first-order valence-corrected chi connectivity index (χ1v) is 12.3. The first-order chi connectivity index (χ1) is 16.8. The maximum absolute atomic E-state index is 13.3. The predicted molar refractivity (Wildman–Crippen MR) is 128 cm³/mol. The minimum atomic E-state index is -4.07. The second-order valence-corrected chi connectivity index (χ2v) is 9.87. The van der Waals surface area contributed by atoms with Gasteiger partial charge in [0.25, 0.3) is 11.8 Å². The highest BCUT2D eigenvalue weighted by molar-refractivity contribution is 7.89. The molecule has 1 aliphatic rings. The van der Waals surface area contributed by atoms with E-state index in [0.717, 1.165) is 15.4 Å². The number of benzene rings is 3. The molecule has 0 bridgehead atoms. The van der Waals surface area contributed by atoms with Crippen molar-refractivity contribution in [3.8, 4) is 16.9 Å². The third kappa shape index (κ3) is 5.04. The molecule has 35 heavy (non-hydrogen) atoms. The van der Waals surface area contributed by atoms with Crippen LogP contribution in [0.4, 0.5) is 0 Å². The maximum Gasteiger partial charge on any atom is 0.263 e. The topological polar surface area (TPSA) is 116 Å². The number of hydrogen-bond acceptors (Lipinski definition) is 6. The summed E-state index contributed by atoms with van der Waals surface area (Å²) in [6.45, 7) is -0.231. The molecule has 9 nitrogen and oxygen atoms in total. The van der Waals surface area contributed by atoms with Crippen molar-refractivity contribution in [2.24, 2.45) is 0 Å². The molecular formula is C25H25N3O6S. The normalized spacial score (nSPS) is 16.5. The molecule has 3 aromatic carbocycles. The number of nitrogens with one attached hydrogen (secondary N) is 1. The fourth-order valence-electron chi connectivity index (χ4n) is 4.03. The summed E-state index contributed by atoms with van der Waals surface area (Å²) in [7, 11) is -2.60. The van der Waals surface area contributed by atoms with Gasteiger partial charge in [0.05, 0.1) is 12.0 Å². The van der Waals surface area contributed by atoms with E-state index in [1.807, 2.05) is 42.5 Å². The van der Waals surface area contributed by atoms with Gasteiger partial charge in [0.2, 0.25) is 10.0 Å². The average molecular weight is 496 g/mol. The van der Waals surface area contributed by atoms with Crippen molar-refractivity contribution in [2.45, 2.75) is 10.9 Å². The van der Waals surface area contributed by atoms with E-state index in [2.05, 4.69) is 0 Å². The molecule has 4 rings (SSSR count). The average Bonchev–Trinajstić information content (AvgIpc) is 2.92. The molecule has 1 aliphatic heterocycles. The molecule has 2 N–H and O–H groups in total. The smallest absolute Gasteiger partial charge is 0.263 e. The van der Waals surface area contributed by atoms with Gasteiger partial charge < -0.3 is 9.64 Å². The molecule has 0 aliphatic carbocycles. The number of methoxy groups -OCH3 is 1. The van der Waals surface area contributed by atoms with Crippen molar-refractivity contribution in [1.29, 1.82) is 0 Å². The molecule has 3 aromatic rings. The lowest BCUT2D eigenvalue weighted by Gasteiger charge is -2.39. The van der Waals surface area contributed by atoms with Gasteiger partial charge in [-0.2, -0.15) is 4.31 Å². The molecule has 1 saturated heterocycles. The molecular weight excluding hydrogens is 470 g/mol. The summed E-state index contributed by atoms with van der Waals surface area (Å²) < 4.78 is 32.6. The number of hydrogen-bond donors (Lipinski definition) is 2. The summed E-state index contributed by atoms with van der Waals surface area (Å²) in [5, 5.41) is 9.25. The molecule has 0 saturated carbocycles. The summed E-state index contributed by atoms with van der Waals surface area (Å²) in [6.07, 6.45) is 0. The van der Waals surface area contributed by atoms with E-state index in [4.69, 9.17) is 4.74 Å². The molecule has 1 heterocycles. The lowest BCUT2D eigenvalue weighted by molar-refractivity contribution is -0.134. The molecule has 1 fully saturated rings. The molecule has 1 atom stereocenters. The van der Waals surface area contributed by atoms with Gasteiger partial charge in [-0.15, -0.1) is 0 Å². The van der Waals surface area contributed by atoms with Crippen molar-refractivity contribution >= 4 is 21.8 Å². The Labute approximate surface area is 203 Å². The van der Waals surface area contributed by atoms with Crippen LogP contribution in [0.15, 0.2) is 83.8 Å². The second-order valence-electron chi connectivity index (χ2n) is 7.98. The Kier molecular flexibility index (Phi) is 7.15. The van der Waals surface area contributed by atoms with Crippen LogP contribution in [0.5, 0.6) is 5.75 Å². The number of carbonyl (C=O) groups excluding carboxylic acids is 2. The van der Waals surface area contributed by atoms with Crippen LogP contribution in [0.25, 0.3) is 11.1 Å². The van der Waals surface area contributed by atoms with Crippen LogP contribution in [-0.2, 0) is 14.8 Å². The summed E-state index contributed by atoms with van der Waals surface area (Å²) in [5.74, 6) is -0.761. The van der Waals surface area contributed by atoms with Gasteiger partial charge in [0, 0.05) is 25.2 Å². The molecule has 182 valence electrons. The number of hydroxylamine groups is 1. The number of nitrogens with zero attached hydrogens (tertiary/aromatic N) is 2. The summed E-state index contributed by atoms with van der Waals surface area (Å²) in [4.78, 5) is 27.0. The monoisotopic (exact) mass is 495 g/mol. The Hall–Kier alpha value is -3.73. The van der Waals surface area contributed by atoms with E-state index < -0.39 is 22.0 Å². The van der Waals surface area contributed by atoms with E-state index >= 15 is 0 Å². The Balaban J connectivity index is 1.54. The molecule has 2 amide bonds. The van der Waals surface area contributed by atoms with Gasteiger partial charge in [-0.25, -0.2) is 13.9 Å². The number of ether oxygens (including phenoxy) is 1. The van der Waals surface area contributed by atoms with Crippen LogP contribution in [0.1, 0.15) is 10.4 Å². The lowest BCUT2D eigenvalue weighted by Crippen LogP contribution is -2.61. The Morgan fingerprint density at radius 2 is 1.54 bits per heavy atom. The van der Waals surface area contributed by atoms with Crippen molar-refractivity contribution in [3.63, 3.8) is 0 Å². The molecule has 0 unspecified atom stereocenters. The van der Waals surface area contributed by atoms with E-state index in [1.54, 1.807) is 12.1 Å². The fraction of sp³-hybridized carbons (Fsp3) is 0.200. The second kappa shape index (κ2) is 10.3. The van der Waals surface area contributed by atoms with E-state index in [9.17, 15) is 23.2 Å². The highest BCUT2D eigenvalue weighted by Gasteiger charge is 2.41. The van der Waals surface area contributed by atoms with Gasteiger partial charge in [-0.3, -0.25) is 14.8 Å².